The standard InChI is InChI=1S/C20H26N4O2/c1-14-8-15(2)10-17(9-14)23-20(21)22-12-16-6-5-7-18(11-16)26-13-19(25)24(3)4/h5-11H,12-13H2,1-4H3,(H3,21,22,23). The Bertz CT molecular complexity index is 780. The number of nitrogens with zero attached hydrogens (tertiary/aromatic N) is 2. The van der Waals surface area contributed by atoms with E-state index in [-0.39, 0.29) is 12.5 Å². The van der Waals surface area contributed by atoms with Crippen LogP contribution >= 0.6 is 0 Å². The van der Waals surface area contributed by atoms with E-state index in [1.165, 1.54) is 4.90 Å². The molecule has 0 spiro atoms. The molecule has 2 rings (SSSR count). The summed E-state index contributed by atoms with van der Waals surface area (Å²) in [5.41, 5.74) is 10.2. The number of anilines is 1. The number of aliphatic imine (C=N–C) groups is 1. The number of hydrogen-bond donors (Lipinski definition) is 2. The molecule has 1 amide bonds. The molecule has 0 heterocycles. The third-order valence-electron chi connectivity index (χ3n) is 3.69. The predicted molar refractivity (Wildman–Crippen MR) is 105 cm³/mol. The Hall–Kier alpha value is -3.02. The molecule has 138 valence electrons. The van der Waals surface area contributed by atoms with Gasteiger partial charge in [-0.15, -0.1) is 0 Å². The minimum atomic E-state index is -0.0877. The van der Waals surface area contributed by atoms with Crippen LogP contribution in [0.5, 0.6) is 5.75 Å². The van der Waals surface area contributed by atoms with E-state index in [0.717, 1.165) is 22.4 Å². The summed E-state index contributed by atoms with van der Waals surface area (Å²) >= 11 is 0. The van der Waals surface area contributed by atoms with Crippen LogP contribution in [0.1, 0.15) is 16.7 Å². The summed E-state index contributed by atoms with van der Waals surface area (Å²) in [6.45, 7) is 4.51. The minimum Gasteiger partial charge on any atom is -0.484 e. The van der Waals surface area contributed by atoms with Gasteiger partial charge in [-0.05, 0) is 54.8 Å². The number of benzene rings is 2. The van der Waals surface area contributed by atoms with Crippen molar-refractivity contribution in [1.29, 1.82) is 0 Å². The molecule has 3 N–H and O–H groups in total. The number of likely N-dealkylation sites (N-methyl/N-ethyl adjacent to an activating group) is 1. The third kappa shape index (κ3) is 6.12. The number of carbonyl (C=O) groups excluding carboxylic acids is 1. The van der Waals surface area contributed by atoms with Crippen LogP contribution in [0.3, 0.4) is 0 Å². The average molecular weight is 354 g/mol. The van der Waals surface area contributed by atoms with Gasteiger partial charge in [-0.1, -0.05) is 18.2 Å². The summed E-state index contributed by atoms with van der Waals surface area (Å²) in [5.74, 6) is 0.896. The van der Waals surface area contributed by atoms with Crippen molar-refractivity contribution in [2.45, 2.75) is 20.4 Å². The van der Waals surface area contributed by atoms with Crippen LogP contribution in [0.25, 0.3) is 0 Å². The van der Waals surface area contributed by atoms with Gasteiger partial charge in [0.15, 0.2) is 12.6 Å². The van der Waals surface area contributed by atoms with Gasteiger partial charge in [0.2, 0.25) is 0 Å². The number of rotatable bonds is 6. The second kappa shape index (κ2) is 8.89. The lowest BCUT2D eigenvalue weighted by molar-refractivity contribution is -0.130. The Morgan fingerprint density at radius 3 is 2.50 bits per heavy atom. The van der Waals surface area contributed by atoms with Crippen molar-refractivity contribution >= 4 is 17.6 Å². The summed E-state index contributed by atoms with van der Waals surface area (Å²) in [5, 5.41) is 3.11. The third-order valence-corrected chi connectivity index (χ3v) is 3.69. The summed E-state index contributed by atoms with van der Waals surface area (Å²) in [6.07, 6.45) is 0. The molecule has 0 saturated carbocycles. The van der Waals surface area contributed by atoms with Crippen LogP contribution in [0, 0.1) is 13.8 Å². The predicted octanol–water partition coefficient (Wildman–Crippen LogP) is 2.70. The van der Waals surface area contributed by atoms with Crippen molar-refractivity contribution in [3.05, 3.63) is 59.2 Å². The van der Waals surface area contributed by atoms with Crippen molar-refractivity contribution in [3.8, 4) is 5.75 Å². The fourth-order valence-corrected chi connectivity index (χ4v) is 2.42. The maximum absolute atomic E-state index is 11.6. The number of nitrogens with one attached hydrogen (secondary N) is 1. The van der Waals surface area contributed by atoms with E-state index < -0.39 is 0 Å². The fourth-order valence-electron chi connectivity index (χ4n) is 2.42. The van der Waals surface area contributed by atoms with E-state index >= 15 is 0 Å². The Morgan fingerprint density at radius 2 is 1.85 bits per heavy atom. The number of nitrogens with two attached hydrogens (primary N) is 1. The van der Waals surface area contributed by atoms with Crippen molar-refractivity contribution in [3.63, 3.8) is 0 Å². The van der Waals surface area contributed by atoms with Crippen LogP contribution in [0.2, 0.25) is 0 Å². The Labute approximate surface area is 154 Å². The van der Waals surface area contributed by atoms with Gasteiger partial charge < -0.3 is 20.7 Å². The van der Waals surface area contributed by atoms with Crippen molar-refractivity contribution in [2.24, 2.45) is 10.7 Å². The Morgan fingerprint density at radius 1 is 1.15 bits per heavy atom. The van der Waals surface area contributed by atoms with Gasteiger partial charge in [0.1, 0.15) is 5.75 Å². The van der Waals surface area contributed by atoms with Gasteiger partial charge in [-0.25, -0.2) is 4.99 Å². The van der Waals surface area contributed by atoms with E-state index in [1.807, 2.05) is 50.2 Å². The molecule has 0 aliphatic heterocycles. The summed E-state index contributed by atoms with van der Waals surface area (Å²) < 4.78 is 5.51. The van der Waals surface area contributed by atoms with Crippen LogP contribution < -0.4 is 15.8 Å². The zero-order valence-electron chi connectivity index (χ0n) is 15.7. The zero-order valence-corrected chi connectivity index (χ0v) is 15.7. The highest BCUT2D eigenvalue weighted by atomic mass is 16.5. The summed E-state index contributed by atoms with van der Waals surface area (Å²) in [4.78, 5) is 17.5. The van der Waals surface area contributed by atoms with Crippen molar-refractivity contribution in [2.75, 3.05) is 26.0 Å². The van der Waals surface area contributed by atoms with Gasteiger partial charge in [-0.3, -0.25) is 4.79 Å². The molecular weight excluding hydrogens is 328 g/mol. The molecule has 6 nitrogen and oxygen atoms in total. The first-order valence-corrected chi connectivity index (χ1v) is 8.40. The molecule has 0 aromatic heterocycles. The van der Waals surface area contributed by atoms with Crippen molar-refractivity contribution < 1.29 is 9.53 Å². The number of hydrogen-bond acceptors (Lipinski definition) is 3. The number of ether oxygens (including phenoxy) is 1. The normalized spacial score (nSPS) is 11.2. The highest BCUT2D eigenvalue weighted by molar-refractivity contribution is 5.92. The van der Waals surface area contributed by atoms with E-state index in [9.17, 15) is 4.79 Å². The molecule has 6 heteroatoms. The maximum atomic E-state index is 11.6. The molecule has 0 atom stereocenters. The first-order chi connectivity index (χ1) is 12.3. The zero-order chi connectivity index (χ0) is 19.1. The first kappa shape index (κ1) is 19.3. The number of amides is 1. The molecule has 0 aliphatic rings. The van der Waals surface area contributed by atoms with Crippen LogP contribution in [0.4, 0.5) is 5.69 Å². The molecule has 2 aromatic carbocycles. The van der Waals surface area contributed by atoms with Gasteiger partial charge in [-0.2, -0.15) is 0 Å². The lowest BCUT2D eigenvalue weighted by Gasteiger charge is -2.12. The van der Waals surface area contributed by atoms with E-state index in [4.69, 9.17) is 10.5 Å². The largest absolute Gasteiger partial charge is 0.484 e. The molecule has 0 radical (unpaired) electrons. The molecule has 0 fully saturated rings. The molecule has 0 aliphatic carbocycles. The van der Waals surface area contributed by atoms with Crippen LogP contribution in [0.15, 0.2) is 47.5 Å². The van der Waals surface area contributed by atoms with Gasteiger partial charge in [0.25, 0.3) is 5.91 Å². The van der Waals surface area contributed by atoms with E-state index in [1.54, 1.807) is 14.1 Å². The number of aryl methyl sites for hydroxylation is 2. The summed E-state index contributed by atoms with van der Waals surface area (Å²) in [7, 11) is 3.39. The van der Waals surface area contributed by atoms with Gasteiger partial charge in [0.05, 0.1) is 6.54 Å². The van der Waals surface area contributed by atoms with Crippen LogP contribution in [-0.4, -0.2) is 37.5 Å². The van der Waals surface area contributed by atoms with Gasteiger partial charge in [0, 0.05) is 19.8 Å². The Balaban J connectivity index is 1.96. The molecule has 0 saturated heterocycles. The minimum absolute atomic E-state index is 0.0100. The van der Waals surface area contributed by atoms with E-state index in [2.05, 4.69) is 16.4 Å². The maximum Gasteiger partial charge on any atom is 0.259 e. The second-order valence-corrected chi connectivity index (χ2v) is 6.43. The summed E-state index contributed by atoms with van der Waals surface area (Å²) in [6, 6.07) is 13.6. The van der Waals surface area contributed by atoms with Crippen molar-refractivity contribution in [1.82, 2.24) is 4.90 Å². The molecule has 0 bridgehead atoms. The molecular formula is C20H26N4O2. The SMILES string of the molecule is Cc1cc(C)cc(NC(N)=NCc2cccc(OCC(=O)N(C)C)c2)c1. The van der Waals surface area contributed by atoms with Gasteiger partial charge >= 0.3 is 0 Å². The quantitative estimate of drug-likeness (QED) is 0.617. The smallest absolute Gasteiger partial charge is 0.259 e. The highest BCUT2D eigenvalue weighted by Crippen LogP contribution is 2.15. The topological polar surface area (TPSA) is 80.0 Å². The average Bonchev–Trinajstić information content (AvgIpc) is 2.57. The lowest BCUT2D eigenvalue weighted by Crippen LogP contribution is -2.27. The fraction of sp³-hybridized carbons (Fsp3) is 0.300. The molecule has 2 aromatic rings. The lowest BCUT2D eigenvalue weighted by atomic mass is 10.1. The first-order valence-electron chi connectivity index (χ1n) is 8.40. The Kier molecular flexibility index (Phi) is 6.60. The second-order valence-electron chi connectivity index (χ2n) is 6.43. The van der Waals surface area contributed by atoms with Crippen LogP contribution in [-0.2, 0) is 11.3 Å². The molecule has 0 unspecified atom stereocenters. The highest BCUT2D eigenvalue weighted by Gasteiger charge is 2.05. The van der Waals surface area contributed by atoms with E-state index in [0.29, 0.717) is 18.3 Å². The monoisotopic (exact) mass is 354 g/mol. The number of guanidine groups is 1. The number of carbonyl (C=O) groups is 1. The molecule has 26 heavy (non-hydrogen) atoms.